The second-order valence-electron chi connectivity index (χ2n) is 9.73. The Morgan fingerprint density at radius 3 is 2.52 bits per heavy atom. The molecule has 3 aliphatic rings. The highest BCUT2D eigenvalue weighted by Crippen LogP contribution is 2.59. The molecular weight excluding hydrogens is 406 g/mol. The predicted molar refractivity (Wildman–Crippen MR) is 122 cm³/mol. The lowest BCUT2D eigenvalue weighted by Gasteiger charge is -2.33. The Labute approximate surface area is 188 Å². The molecule has 1 aliphatic heterocycles. The van der Waals surface area contributed by atoms with Gasteiger partial charge < -0.3 is 10.2 Å². The molecule has 5 rings (SSSR count). The summed E-state index contributed by atoms with van der Waals surface area (Å²) in [5.74, 6) is 0.510. The van der Waals surface area contributed by atoms with Crippen molar-refractivity contribution >= 4 is 23.2 Å². The first kappa shape index (κ1) is 20.7. The normalized spacial score (nSPS) is 23.6. The fourth-order valence-corrected chi connectivity index (χ4v) is 6.41. The van der Waals surface area contributed by atoms with Crippen LogP contribution in [0.15, 0.2) is 41.2 Å². The van der Waals surface area contributed by atoms with Gasteiger partial charge in [-0.2, -0.15) is 0 Å². The van der Waals surface area contributed by atoms with Gasteiger partial charge in [-0.05, 0) is 43.1 Å². The Bertz CT molecular complexity index is 914. The lowest BCUT2D eigenvalue weighted by molar-refractivity contribution is -0.132. The molecule has 2 aromatic rings. The molecule has 6 heteroatoms. The SMILES string of the molecule is O=C(NCC1(c2ccccc2)CCCC1)C1CC12CCN(C(=O)Cc1cscn1)CC2. The maximum Gasteiger partial charge on any atom is 0.228 e. The standard InChI is InChI=1S/C25H31N3O2S/c29-22(14-20-16-31-18-27-20)28-12-10-24(11-13-28)15-21(24)23(30)26-17-25(8-4-5-9-25)19-6-2-1-3-7-19/h1-3,6-7,16,18,21H,4-5,8-15,17H2,(H,26,30). The van der Waals surface area contributed by atoms with E-state index in [4.69, 9.17) is 0 Å². The van der Waals surface area contributed by atoms with Crippen LogP contribution in [0.3, 0.4) is 0 Å². The Balaban J connectivity index is 1.13. The summed E-state index contributed by atoms with van der Waals surface area (Å²) >= 11 is 1.53. The largest absolute Gasteiger partial charge is 0.355 e. The molecule has 1 aromatic heterocycles. The highest BCUT2D eigenvalue weighted by Gasteiger charge is 2.58. The molecule has 0 bridgehead atoms. The second kappa shape index (κ2) is 8.38. The predicted octanol–water partition coefficient (Wildman–Crippen LogP) is 3.94. The van der Waals surface area contributed by atoms with E-state index >= 15 is 0 Å². The van der Waals surface area contributed by atoms with Crippen LogP contribution in [0.5, 0.6) is 0 Å². The van der Waals surface area contributed by atoms with E-state index in [1.165, 1.54) is 29.7 Å². The lowest BCUT2D eigenvalue weighted by Crippen LogP contribution is -2.43. The Morgan fingerprint density at radius 1 is 1.10 bits per heavy atom. The van der Waals surface area contributed by atoms with Crippen molar-refractivity contribution in [1.82, 2.24) is 15.2 Å². The van der Waals surface area contributed by atoms with Crippen LogP contribution in [-0.4, -0.2) is 41.3 Å². The molecule has 1 spiro atoms. The van der Waals surface area contributed by atoms with Crippen LogP contribution in [0.25, 0.3) is 0 Å². The number of hydrogen-bond acceptors (Lipinski definition) is 4. The Hall–Kier alpha value is -2.21. The van der Waals surface area contributed by atoms with Gasteiger partial charge >= 0.3 is 0 Å². The Morgan fingerprint density at radius 2 is 1.84 bits per heavy atom. The van der Waals surface area contributed by atoms with Crippen LogP contribution in [0, 0.1) is 11.3 Å². The zero-order valence-corrected chi connectivity index (χ0v) is 18.8. The van der Waals surface area contributed by atoms with Crippen LogP contribution in [0.4, 0.5) is 0 Å². The molecule has 1 N–H and O–H groups in total. The minimum Gasteiger partial charge on any atom is -0.355 e. The van der Waals surface area contributed by atoms with Gasteiger partial charge in [0, 0.05) is 36.3 Å². The van der Waals surface area contributed by atoms with Gasteiger partial charge in [-0.3, -0.25) is 9.59 Å². The zero-order chi connectivity index (χ0) is 21.3. The van der Waals surface area contributed by atoms with Crippen molar-refractivity contribution in [3.8, 4) is 0 Å². The molecule has 1 aromatic carbocycles. The summed E-state index contributed by atoms with van der Waals surface area (Å²) in [6.45, 7) is 2.28. The van der Waals surface area contributed by atoms with Gasteiger partial charge in [0.25, 0.3) is 0 Å². The van der Waals surface area contributed by atoms with E-state index in [-0.39, 0.29) is 28.6 Å². The summed E-state index contributed by atoms with van der Waals surface area (Å²) in [5, 5.41) is 5.28. The molecular formula is C25H31N3O2S. The van der Waals surface area contributed by atoms with Crippen molar-refractivity contribution in [3.63, 3.8) is 0 Å². The molecule has 31 heavy (non-hydrogen) atoms. The van der Waals surface area contributed by atoms with E-state index in [1.54, 1.807) is 5.51 Å². The molecule has 2 aliphatic carbocycles. The van der Waals surface area contributed by atoms with Crippen molar-refractivity contribution in [1.29, 1.82) is 0 Å². The molecule has 3 fully saturated rings. The molecule has 5 nitrogen and oxygen atoms in total. The number of nitrogens with one attached hydrogen (secondary N) is 1. The number of rotatable bonds is 6. The van der Waals surface area contributed by atoms with Crippen LogP contribution in [-0.2, 0) is 21.4 Å². The molecule has 1 saturated heterocycles. The molecule has 2 saturated carbocycles. The smallest absolute Gasteiger partial charge is 0.228 e. The summed E-state index contributed by atoms with van der Waals surface area (Å²) in [6.07, 6.45) is 8.04. The molecule has 1 atom stereocenters. The maximum atomic E-state index is 13.0. The van der Waals surface area contributed by atoms with Crippen molar-refractivity contribution < 1.29 is 9.59 Å². The van der Waals surface area contributed by atoms with E-state index in [0.717, 1.165) is 57.4 Å². The number of nitrogens with zero attached hydrogens (tertiary/aromatic N) is 2. The minimum atomic E-state index is 0.102. The molecule has 2 amide bonds. The quantitative estimate of drug-likeness (QED) is 0.745. The number of aromatic nitrogens is 1. The van der Waals surface area contributed by atoms with E-state index in [2.05, 4.69) is 40.6 Å². The van der Waals surface area contributed by atoms with Gasteiger partial charge in [0.2, 0.25) is 11.8 Å². The Kier molecular flexibility index (Phi) is 5.59. The maximum absolute atomic E-state index is 13.0. The van der Waals surface area contributed by atoms with Crippen LogP contribution in [0.1, 0.15) is 56.2 Å². The number of piperidine rings is 1. The zero-order valence-electron chi connectivity index (χ0n) is 18.0. The summed E-state index contributed by atoms with van der Waals surface area (Å²) in [4.78, 5) is 31.8. The van der Waals surface area contributed by atoms with E-state index in [9.17, 15) is 9.59 Å². The summed E-state index contributed by atoms with van der Waals surface area (Å²) in [5.41, 5.74) is 4.22. The molecule has 2 heterocycles. The summed E-state index contributed by atoms with van der Waals surface area (Å²) < 4.78 is 0. The fraction of sp³-hybridized carbons (Fsp3) is 0.560. The number of carbonyl (C=O) groups excluding carboxylic acids is 2. The average Bonchev–Trinajstić information content (AvgIpc) is 3.18. The topological polar surface area (TPSA) is 62.3 Å². The highest BCUT2D eigenvalue weighted by atomic mass is 32.1. The van der Waals surface area contributed by atoms with Gasteiger partial charge in [-0.1, -0.05) is 43.2 Å². The number of carbonyl (C=O) groups is 2. The molecule has 1 unspecified atom stereocenters. The van der Waals surface area contributed by atoms with Crippen LogP contribution < -0.4 is 5.32 Å². The van der Waals surface area contributed by atoms with Crippen molar-refractivity contribution in [3.05, 3.63) is 52.5 Å². The van der Waals surface area contributed by atoms with E-state index in [1.807, 2.05) is 10.3 Å². The number of hydrogen-bond donors (Lipinski definition) is 1. The van der Waals surface area contributed by atoms with Gasteiger partial charge in [0.15, 0.2) is 0 Å². The number of benzene rings is 1. The number of likely N-dealkylation sites (tertiary alicyclic amines) is 1. The first-order chi connectivity index (χ1) is 15.1. The summed E-state index contributed by atoms with van der Waals surface area (Å²) in [7, 11) is 0. The second-order valence-corrected chi connectivity index (χ2v) is 10.4. The van der Waals surface area contributed by atoms with Crippen LogP contribution in [0.2, 0.25) is 0 Å². The fourth-order valence-electron chi connectivity index (χ4n) is 5.85. The number of amides is 2. The lowest BCUT2D eigenvalue weighted by atomic mass is 9.78. The van der Waals surface area contributed by atoms with E-state index in [0.29, 0.717) is 6.42 Å². The third-order valence-corrected chi connectivity index (χ3v) is 8.62. The van der Waals surface area contributed by atoms with Crippen molar-refractivity contribution in [2.75, 3.05) is 19.6 Å². The first-order valence-electron chi connectivity index (χ1n) is 11.6. The first-order valence-corrected chi connectivity index (χ1v) is 12.5. The average molecular weight is 438 g/mol. The van der Waals surface area contributed by atoms with E-state index < -0.39 is 0 Å². The third kappa shape index (κ3) is 4.14. The molecule has 164 valence electrons. The highest BCUT2D eigenvalue weighted by molar-refractivity contribution is 7.07. The van der Waals surface area contributed by atoms with Gasteiger partial charge in [-0.15, -0.1) is 11.3 Å². The van der Waals surface area contributed by atoms with Crippen molar-refractivity contribution in [2.45, 2.75) is 56.8 Å². The monoisotopic (exact) mass is 437 g/mol. The van der Waals surface area contributed by atoms with Gasteiger partial charge in [0.1, 0.15) is 0 Å². The third-order valence-electron chi connectivity index (χ3n) is 7.98. The van der Waals surface area contributed by atoms with Gasteiger partial charge in [-0.25, -0.2) is 4.98 Å². The van der Waals surface area contributed by atoms with Crippen molar-refractivity contribution in [2.24, 2.45) is 11.3 Å². The minimum absolute atomic E-state index is 0.102. The molecule has 0 radical (unpaired) electrons. The number of thiazole rings is 1. The van der Waals surface area contributed by atoms with Gasteiger partial charge in [0.05, 0.1) is 17.6 Å². The summed E-state index contributed by atoms with van der Waals surface area (Å²) in [6, 6.07) is 10.7. The van der Waals surface area contributed by atoms with Crippen LogP contribution >= 0.6 is 11.3 Å².